The zero-order valence-electron chi connectivity index (χ0n) is 18.2. The Morgan fingerprint density at radius 1 is 0.912 bits per heavy atom. The highest BCUT2D eigenvalue weighted by atomic mass is 16.7. The maximum Gasteiger partial charge on any atom is 0.269 e. The molecule has 0 aliphatic carbocycles. The van der Waals surface area contributed by atoms with Crippen molar-refractivity contribution in [2.75, 3.05) is 16.6 Å². The molecular weight excluding hydrogens is 438 g/mol. The first kappa shape index (κ1) is 21.6. The lowest BCUT2D eigenvalue weighted by Gasteiger charge is -2.28. The highest BCUT2D eigenvalue weighted by Crippen LogP contribution is 2.47. The fourth-order valence-corrected chi connectivity index (χ4v) is 4.46. The number of para-hydroxylation sites is 1. The molecule has 2 fully saturated rings. The third kappa shape index (κ3) is 3.56. The van der Waals surface area contributed by atoms with Crippen molar-refractivity contribution in [3.8, 4) is 5.75 Å². The summed E-state index contributed by atoms with van der Waals surface area (Å²) in [6.07, 6.45) is -1.01. The largest absolute Gasteiger partial charge is 0.494 e. The molecule has 3 aromatic carbocycles. The van der Waals surface area contributed by atoms with E-state index < -0.39 is 28.9 Å². The summed E-state index contributed by atoms with van der Waals surface area (Å²) in [5.74, 6) is -1.02. The van der Waals surface area contributed by atoms with Crippen LogP contribution in [0.3, 0.4) is 0 Å². The Bertz CT molecular complexity index is 1230. The van der Waals surface area contributed by atoms with E-state index in [0.29, 0.717) is 29.3 Å². The van der Waals surface area contributed by atoms with E-state index in [1.807, 2.05) is 37.3 Å². The highest BCUT2D eigenvalue weighted by molar-refractivity contribution is 6.23. The summed E-state index contributed by atoms with van der Waals surface area (Å²) in [5.41, 5.74) is 1.69. The second-order valence-corrected chi connectivity index (χ2v) is 7.95. The fraction of sp³-hybridized carbons (Fsp3) is 0.200. The smallest absolute Gasteiger partial charge is 0.269 e. The normalized spacial score (nSPS) is 21.6. The van der Waals surface area contributed by atoms with Gasteiger partial charge in [0.15, 0.2) is 6.10 Å². The maximum absolute atomic E-state index is 13.6. The number of imide groups is 1. The Morgan fingerprint density at radius 2 is 1.59 bits per heavy atom. The van der Waals surface area contributed by atoms with Crippen LogP contribution >= 0.6 is 0 Å². The molecule has 0 saturated carbocycles. The molecule has 2 aliphatic heterocycles. The zero-order chi connectivity index (χ0) is 23.8. The van der Waals surface area contributed by atoms with Gasteiger partial charge in [0.05, 0.1) is 28.9 Å². The Hall–Kier alpha value is -4.24. The standard InChI is InChI=1S/C25H21N3O6/c1-2-33-20-14-12-17(13-15-20)26-24(29)21-22(16-8-10-19(11-9-16)28(31)32)27(34-23(21)25(26)30)18-6-4-3-5-7-18/h3-15,21-23H,2H2,1H3/t21-,22-,23-/m1/s1. The number of hydrogen-bond donors (Lipinski definition) is 0. The van der Waals surface area contributed by atoms with Crippen molar-refractivity contribution in [2.45, 2.75) is 19.1 Å². The molecule has 2 heterocycles. The lowest BCUT2D eigenvalue weighted by molar-refractivity contribution is -0.384. The van der Waals surface area contributed by atoms with Crippen molar-refractivity contribution in [3.63, 3.8) is 0 Å². The monoisotopic (exact) mass is 459 g/mol. The molecule has 0 unspecified atom stereocenters. The molecule has 172 valence electrons. The summed E-state index contributed by atoms with van der Waals surface area (Å²) < 4.78 is 5.45. The zero-order valence-corrected chi connectivity index (χ0v) is 18.2. The van der Waals surface area contributed by atoms with E-state index in [1.54, 1.807) is 41.5 Å². The first-order chi connectivity index (χ1) is 16.5. The van der Waals surface area contributed by atoms with Gasteiger partial charge in [0, 0.05) is 12.1 Å². The molecule has 2 aliphatic rings. The molecule has 5 rings (SSSR count). The number of non-ortho nitro benzene ring substituents is 1. The molecule has 9 nitrogen and oxygen atoms in total. The molecule has 0 bridgehead atoms. The van der Waals surface area contributed by atoms with Gasteiger partial charge in [0.25, 0.3) is 11.6 Å². The van der Waals surface area contributed by atoms with Crippen LogP contribution in [0.4, 0.5) is 17.1 Å². The number of carbonyl (C=O) groups excluding carboxylic acids is 2. The summed E-state index contributed by atoms with van der Waals surface area (Å²) >= 11 is 0. The van der Waals surface area contributed by atoms with Crippen molar-refractivity contribution in [2.24, 2.45) is 5.92 Å². The predicted octanol–water partition coefficient (Wildman–Crippen LogP) is 4.04. The van der Waals surface area contributed by atoms with Crippen molar-refractivity contribution < 1.29 is 24.1 Å². The Labute approximate surface area is 195 Å². The predicted molar refractivity (Wildman–Crippen MR) is 123 cm³/mol. The minimum Gasteiger partial charge on any atom is -0.494 e. The lowest BCUT2D eigenvalue weighted by atomic mass is 9.90. The van der Waals surface area contributed by atoms with Crippen LogP contribution in [0.25, 0.3) is 0 Å². The summed E-state index contributed by atoms with van der Waals surface area (Å²) in [4.78, 5) is 44.8. The number of nitro benzene ring substituents is 1. The minimum atomic E-state index is -1.01. The number of carbonyl (C=O) groups is 2. The van der Waals surface area contributed by atoms with Crippen LogP contribution in [0.2, 0.25) is 0 Å². The maximum atomic E-state index is 13.6. The number of fused-ring (bicyclic) bond motifs is 1. The average Bonchev–Trinajstić information content (AvgIpc) is 3.36. The van der Waals surface area contributed by atoms with Crippen LogP contribution in [-0.4, -0.2) is 29.4 Å². The number of rotatable bonds is 6. The van der Waals surface area contributed by atoms with E-state index in [0.717, 1.165) is 4.90 Å². The number of ether oxygens (including phenoxy) is 1. The van der Waals surface area contributed by atoms with Crippen LogP contribution in [0.15, 0.2) is 78.9 Å². The first-order valence-electron chi connectivity index (χ1n) is 10.9. The van der Waals surface area contributed by atoms with Crippen LogP contribution in [0, 0.1) is 16.0 Å². The quantitative estimate of drug-likeness (QED) is 0.311. The van der Waals surface area contributed by atoms with E-state index in [9.17, 15) is 19.7 Å². The van der Waals surface area contributed by atoms with Gasteiger partial charge in [-0.1, -0.05) is 30.3 Å². The SMILES string of the molecule is CCOc1ccc(N2C(=O)[C@@H]3[C@@H](c4ccc([N+](=O)[O-])cc4)N(c4ccccc4)O[C@H]3C2=O)cc1. The Kier molecular flexibility index (Phi) is 5.46. The molecule has 0 aromatic heterocycles. The van der Waals surface area contributed by atoms with Crippen LogP contribution in [-0.2, 0) is 14.4 Å². The van der Waals surface area contributed by atoms with E-state index in [2.05, 4.69) is 0 Å². The number of benzene rings is 3. The van der Waals surface area contributed by atoms with Gasteiger partial charge in [0.1, 0.15) is 11.7 Å². The summed E-state index contributed by atoms with van der Waals surface area (Å²) in [6, 6.07) is 21.2. The van der Waals surface area contributed by atoms with E-state index in [4.69, 9.17) is 9.57 Å². The highest BCUT2D eigenvalue weighted by Gasteiger charge is 2.60. The van der Waals surface area contributed by atoms with E-state index >= 15 is 0 Å². The Balaban J connectivity index is 1.53. The lowest BCUT2D eigenvalue weighted by Crippen LogP contribution is -2.37. The molecule has 0 N–H and O–H groups in total. The molecule has 3 aromatic rings. The number of nitrogens with zero attached hydrogens (tertiary/aromatic N) is 3. The fourth-order valence-electron chi connectivity index (χ4n) is 4.46. The molecule has 34 heavy (non-hydrogen) atoms. The van der Waals surface area contributed by atoms with Crippen LogP contribution in [0.1, 0.15) is 18.5 Å². The van der Waals surface area contributed by atoms with Crippen molar-refractivity contribution in [1.82, 2.24) is 0 Å². The second-order valence-electron chi connectivity index (χ2n) is 7.95. The van der Waals surface area contributed by atoms with Crippen LogP contribution < -0.4 is 14.7 Å². The van der Waals surface area contributed by atoms with E-state index in [1.165, 1.54) is 12.1 Å². The summed E-state index contributed by atoms with van der Waals surface area (Å²) in [7, 11) is 0. The van der Waals surface area contributed by atoms with Crippen molar-refractivity contribution in [3.05, 3.63) is 94.5 Å². The summed E-state index contributed by atoms with van der Waals surface area (Å²) in [5, 5.41) is 12.7. The van der Waals surface area contributed by atoms with Crippen LogP contribution in [0.5, 0.6) is 5.75 Å². The topological polar surface area (TPSA) is 102 Å². The molecule has 9 heteroatoms. The number of nitro groups is 1. The summed E-state index contributed by atoms with van der Waals surface area (Å²) in [6.45, 7) is 2.38. The molecule has 2 saturated heterocycles. The number of anilines is 2. The molecular formula is C25H21N3O6. The van der Waals surface area contributed by atoms with Gasteiger partial charge in [-0.3, -0.25) is 24.5 Å². The number of hydrogen-bond acceptors (Lipinski definition) is 7. The first-order valence-corrected chi connectivity index (χ1v) is 10.9. The molecule has 2 amide bonds. The van der Waals surface area contributed by atoms with E-state index in [-0.39, 0.29) is 11.6 Å². The average molecular weight is 459 g/mol. The van der Waals surface area contributed by atoms with Gasteiger partial charge in [-0.15, -0.1) is 0 Å². The van der Waals surface area contributed by atoms with Gasteiger partial charge in [-0.2, -0.15) is 0 Å². The number of amides is 2. The van der Waals surface area contributed by atoms with Gasteiger partial charge in [-0.05, 0) is 48.9 Å². The molecule has 3 atom stereocenters. The minimum absolute atomic E-state index is 0.0599. The van der Waals surface area contributed by atoms with Crippen molar-refractivity contribution in [1.29, 1.82) is 0 Å². The Morgan fingerprint density at radius 3 is 2.21 bits per heavy atom. The van der Waals surface area contributed by atoms with Gasteiger partial charge >= 0.3 is 0 Å². The third-order valence-corrected chi connectivity index (χ3v) is 5.98. The van der Waals surface area contributed by atoms with Gasteiger partial charge in [-0.25, -0.2) is 9.96 Å². The second kappa shape index (κ2) is 8.60. The number of hydroxylamine groups is 1. The van der Waals surface area contributed by atoms with Gasteiger partial charge in [0.2, 0.25) is 5.91 Å². The molecule has 0 spiro atoms. The van der Waals surface area contributed by atoms with Gasteiger partial charge < -0.3 is 4.74 Å². The molecule has 0 radical (unpaired) electrons. The van der Waals surface area contributed by atoms with Crippen molar-refractivity contribution >= 4 is 28.9 Å². The third-order valence-electron chi connectivity index (χ3n) is 5.98.